The summed E-state index contributed by atoms with van der Waals surface area (Å²) in [4.78, 5) is 19.8. The van der Waals surface area contributed by atoms with Gasteiger partial charge in [0.05, 0.1) is 19.4 Å². The second kappa shape index (κ2) is 8.37. The van der Waals surface area contributed by atoms with Crippen LogP contribution in [0.15, 0.2) is 12.4 Å². The zero-order valence-corrected chi connectivity index (χ0v) is 15.3. The molecule has 2 aromatic rings. The summed E-state index contributed by atoms with van der Waals surface area (Å²) in [5, 5.41) is 9.35. The average molecular weight is 364 g/mol. The predicted octanol–water partition coefficient (Wildman–Crippen LogP) is 1.75. The summed E-state index contributed by atoms with van der Waals surface area (Å²) in [6.45, 7) is 6.15. The smallest absolute Gasteiger partial charge is 0.407 e. The highest BCUT2D eigenvalue weighted by atomic mass is 16.6. The summed E-state index contributed by atoms with van der Waals surface area (Å²) in [5.74, 6) is 1.00. The van der Waals surface area contributed by atoms with Crippen LogP contribution in [0.5, 0.6) is 11.8 Å². The molecular weight excluding hydrogens is 340 g/mol. The van der Waals surface area contributed by atoms with Crippen LogP contribution in [0.4, 0.5) is 10.6 Å². The molecule has 0 aromatic carbocycles. The van der Waals surface area contributed by atoms with Crippen LogP contribution in [0.1, 0.15) is 27.2 Å². The van der Waals surface area contributed by atoms with E-state index in [4.69, 9.17) is 19.9 Å². The van der Waals surface area contributed by atoms with E-state index >= 15 is 0 Å². The Labute approximate surface area is 151 Å². The molecule has 10 nitrogen and oxygen atoms in total. The summed E-state index contributed by atoms with van der Waals surface area (Å²) in [7, 11) is 1.50. The van der Waals surface area contributed by atoms with Crippen molar-refractivity contribution in [3.8, 4) is 23.0 Å². The number of alkyl carbamates (subject to hydrolysis) is 1. The second-order valence-electron chi connectivity index (χ2n) is 6.40. The topological polar surface area (TPSA) is 137 Å². The fourth-order valence-electron chi connectivity index (χ4n) is 2.06. The molecule has 0 aliphatic heterocycles. The third-order valence-corrected chi connectivity index (χ3v) is 3.07. The van der Waals surface area contributed by atoms with Crippen LogP contribution in [0.3, 0.4) is 0 Å². The Morgan fingerprint density at radius 2 is 2.04 bits per heavy atom. The van der Waals surface area contributed by atoms with Gasteiger partial charge in [-0.3, -0.25) is 5.10 Å². The number of anilines is 1. The minimum atomic E-state index is -0.529. The second-order valence-corrected chi connectivity index (χ2v) is 6.40. The zero-order valence-electron chi connectivity index (χ0n) is 15.3. The van der Waals surface area contributed by atoms with Crippen LogP contribution < -0.4 is 20.5 Å². The number of rotatable bonds is 7. The number of nitrogens with one attached hydrogen (secondary N) is 2. The lowest BCUT2D eigenvalue weighted by atomic mass is 10.2. The van der Waals surface area contributed by atoms with Crippen LogP contribution in [-0.4, -0.2) is 52.1 Å². The van der Waals surface area contributed by atoms with Crippen LogP contribution in [0.25, 0.3) is 11.3 Å². The van der Waals surface area contributed by atoms with Crippen molar-refractivity contribution in [1.29, 1.82) is 0 Å². The van der Waals surface area contributed by atoms with Crippen molar-refractivity contribution in [2.75, 3.05) is 26.0 Å². The molecule has 0 fully saturated rings. The number of aromatic nitrogens is 4. The summed E-state index contributed by atoms with van der Waals surface area (Å²) in [6, 6.07) is 1.64. The van der Waals surface area contributed by atoms with Gasteiger partial charge >= 0.3 is 6.09 Å². The van der Waals surface area contributed by atoms with Crippen molar-refractivity contribution in [2.24, 2.45) is 0 Å². The van der Waals surface area contributed by atoms with E-state index in [2.05, 4.69) is 25.5 Å². The molecule has 142 valence electrons. The quantitative estimate of drug-likeness (QED) is 0.632. The van der Waals surface area contributed by atoms with Crippen molar-refractivity contribution in [3.63, 3.8) is 0 Å². The van der Waals surface area contributed by atoms with E-state index in [1.165, 1.54) is 13.4 Å². The van der Waals surface area contributed by atoms with Crippen LogP contribution >= 0.6 is 0 Å². The molecule has 0 bridgehead atoms. The fraction of sp³-hybridized carbons (Fsp3) is 0.500. The third-order valence-electron chi connectivity index (χ3n) is 3.07. The number of methoxy groups -OCH3 is 1. The molecule has 0 atom stereocenters. The molecule has 0 aliphatic carbocycles. The van der Waals surface area contributed by atoms with Gasteiger partial charge in [0, 0.05) is 12.6 Å². The lowest BCUT2D eigenvalue weighted by Gasteiger charge is -2.19. The number of nitrogens with zero attached hydrogens (tertiary/aromatic N) is 3. The van der Waals surface area contributed by atoms with Crippen LogP contribution in [0.2, 0.25) is 0 Å². The average Bonchev–Trinajstić information content (AvgIpc) is 2.98. The Morgan fingerprint density at radius 1 is 1.31 bits per heavy atom. The number of hydrogen-bond donors (Lipinski definition) is 3. The van der Waals surface area contributed by atoms with Gasteiger partial charge in [0.2, 0.25) is 11.8 Å². The van der Waals surface area contributed by atoms with Crippen molar-refractivity contribution in [3.05, 3.63) is 12.4 Å². The Morgan fingerprint density at radius 3 is 2.65 bits per heavy atom. The maximum atomic E-state index is 11.6. The molecule has 4 N–H and O–H groups in total. The normalized spacial score (nSPS) is 11.1. The summed E-state index contributed by atoms with van der Waals surface area (Å²) >= 11 is 0. The summed E-state index contributed by atoms with van der Waals surface area (Å²) in [5.41, 5.74) is 6.24. The minimum absolute atomic E-state index is 0.326. The number of nitrogen functional groups attached to an aromatic ring is 1. The van der Waals surface area contributed by atoms with E-state index in [-0.39, 0.29) is 0 Å². The number of ether oxygens (including phenoxy) is 3. The molecule has 0 aliphatic rings. The first-order valence-electron chi connectivity index (χ1n) is 8.10. The molecule has 0 spiro atoms. The molecule has 10 heteroatoms. The number of amides is 1. The first kappa shape index (κ1) is 19.3. The summed E-state index contributed by atoms with van der Waals surface area (Å²) in [6.07, 6.45) is 1.45. The highest BCUT2D eigenvalue weighted by molar-refractivity contribution is 5.71. The number of hydrogen-bond acceptors (Lipinski definition) is 8. The van der Waals surface area contributed by atoms with Crippen molar-refractivity contribution >= 4 is 11.9 Å². The molecule has 26 heavy (non-hydrogen) atoms. The number of carbonyl (C=O) groups is 1. The van der Waals surface area contributed by atoms with Gasteiger partial charge in [-0.1, -0.05) is 0 Å². The molecule has 0 radical (unpaired) electrons. The lowest BCUT2D eigenvalue weighted by molar-refractivity contribution is 0.0525. The summed E-state index contributed by atoms with van der Waals surface area (Å²) < 4.78 is 16.1. The van der Waals surface area contributed by atoms with Gasteiger partial charge in [-0.15, -0.1) is 0 Å². The van der Waals surface area contributed by atoms with E-state index in [0.29, 0.717) is 48.4 Å². The fourth-order valence-corrected chi connectivity index (χ4v) is 2.06. The molecular formula is C16H24N6O4. The maximum Gasteiger partial charge on any atom is 0.407 e. The highest BCUT2D eigenvalue weighted by Crippen LogP contribution is 2.34. The first-order chi connectivity index (χ1) is 12.3. The van der Waals surface area contributed by atoms with Gasteiger partial charge in [-0.25, -0.2) is 14.8 Å². The molecule has 2 aromatic heterocycles. The zero-order chi connectivity index (χ0) is 19.2. The number of H-pyrrole nitrogens is 1. The number of nitrogens with two attached hydrogens (primary N) is 1. The maximum absolute atomic E-state index is 11.6. The van der Waals surface area contributed by atoms with Gasteiger partial charge in [0.15, 0.2) is 0 Å². The highest BCUT2D eigenvalue weighted by Gasteiger charge is 2.18. The Hall–Kier alpha value is -3.04. The third kappa shape index (κ3) is 5.50. The molecule has 0 unspecified atom stereocenters. The largest absolute Gasteiger partial charge is 0.480 e. The van der Waals surface area contributed by atoms with E-state index in [9.17, 15) is 4.79 Å². The predicted molar refractivity (Wildman–Crippen MR) is 94.9 cm³/mol. The SMILES string of the molecule is COc1ncnc(OCCCNC(=O)OC(C)(C)C)c1-c1cc(N)n[nH]1. The van der Waals surface area contributed by atoms with Gasteiger partial charge < -0.3 is 25.3 Å². The van der Waals surface area contributed by atoms with E-state index in [0.717, 1.165) is 0 Å². The Kier molecular flexibility index (Phi) is 6.21. The van der Waals surface area contributed by atoms with Gasteiger partial charge in [0.25, 0.3) is 0 Å². The Balaban J connectivity index is 1.93. The van der Waals surface area contributed by atoms with Crippen molar-refractivity contribution < 1.29 is 19.0 Å². The molecule has 0 saturated carbocycles. The first-order valence-corrected chi connectivity index (χ1v) is 8.10. The van der Waals surface area contributed by atoms with Crippen LogP contribution in [0, 0.1) is 0 Å². The van der Waals surface area contributed by atoms with E-state index in [1.54, 1.807) is 6.07 Å². The van der Waals surface area contributed by atoms with E-state index in [1.807, 2.05) is 20.8 Å². The van der Waals surface area contributed by atoms with E-state index < -0.39 is 11.7 Å². The molecule has 1 amide bonds. The van der Waals surface area contributed by atoms with Gasteiger partial charge in [-0.2, -0.15) is 5.10 Å². The lowest BCUT2D eigenvalue weighted by Crippen LogP contribution is -2.33. The van der Waals surface area contributed by atoms with Crippen LogP contribution in [-0.2, 0) is 4.74 Å². The van der Waals surface area contributed by atoms with Gasteiger partial charge in [-0.05, 0) is 27.2 Å². The monoisotopic (exact) mass is 364 g/mol. The molecule has 0 saturated heterocycles. The van der Waals surface area contributed by atoms with Crippen molar-refractivity contribution in [1.82, 2.24) is 25.5 Å². The molecule has 2 heterocycles. The standard InChI is InChI=1S/C16H24N6O4/c1-16(2,3)26-15(23)18-6-5-7-25-14-12(10-8-11(17)22-21-10)13(24-4)19-9-20-14/h8-9H,5-7H2,1-4H3,(H,18,23)(H3,17,21,22). The minimum Gasteiger partial charge on any atom is -0.480 e. The van der Waals surface area contributed by atoms with Gasteiger partial charge in [0.1, 0.15) is 23.3 Å². The number of carbonyl (C=O) groups excluding carboxylic acids is 1. The number of aromatic amines is 1. The Bertz CT molecular complexity index is 741. The molecule has 2 rings (SSSR count). The van der Waals surface area contributed by atoms with Crippen molar-refractivity contribution in [2.45, 2.75) is 32.8 Å².